The molecule has 2 fully saturated rings. The number of likely N-dealkylation sites (tertiary alicyclic amines) is 1. The molecule has 0 aromatic heterocycles. The maximum atomic E-state index is 12.0. The molecule has 1 saturated heterocycles. The van der Waals surface area contributed by atoms with E-state index in [2.05, 4.69) is 0 Å². The van der Waals surface area contributed by atoms with Gasteiger partial charge in [0.2, 0.25) is 5.91 Å². The van der Waals surface area contributed by atoms with Crippen molar-refractivity contribution in [1.29, 1.82) is 0 Å². The molecule has 0 spiro atoms. The van der Waals surface area contributed by atoms with Gasteiger partial charge in [0.05, 0.1) is 13.2 Å². The zero-order valence-corrected chi connectivity index (χ0v) is 10.7. The number of ether oxygens (including phenoxy) is 2. The highest BCUT2D eigenvalue weighted by Gasteiger charge is 2.32. The van der Waals surface area contributed by atoms with Crippen LogP contribution in [0.2, 0.25) is 0 Å². The highest BCUT2D eigenvalue weighted by molar-refractivity contribution is 5.77. The number of hydrogen-bond donors (Lipinski definition) is 0. The molecule has 2 atom stereocenters. The van der Waals surface area contributed by atoms with Crippen LogP contribution in [0.4, 0.5) is 0 Å². The van der Waals surface area contributed by atoms with Crippen molar-refractivity contribution >= 4 is 5.91 Å². The van der Waals surface area contributed by atoms with Gasteiger partial charge in [-0.3, -0.25) is 4.79 Å². The molecule has 1 aliphatic heterocycles. The molecular weight excluding hydrogens is 218 g/mol. The summed E-state index contributed by atoms with van der Waals surface area (Å²) in [5, 5.41) is 0. The van der Waals surface area contributed by atoms with E-state index < -0.39 is 0 Å². The van der Waals surface area contributed by atoms with Crippen molar-refractivity contribution in [3.63, 3.8) is 0 Å². The predicted octanol–water partition coefficient (Wildman–Crippen LogP) is 1.30. The molecule has 0 N–H and O–H groups in total. The number of amides is 1. The van der Waals surface area contributed by atoms with Crippen LogP contribution in [0.5, 0.6) is 0 Å². The quantitative estimate of drug-likeness (QED) is 0.681. The average molecular weight is 241 g/mol. The van der Waals surface area contributed by atoms with Crippen LogP contribution >= 0.6 is 0 Å². The first kappa shape index (κ1) is 12.8. The summed E-state index contributed by atoms with van der Waals surface area (Å²) < 4.78 is 10.2. The van der Waals surface area contributed by atoms with E-state index in [4.69, 9.17) is 9.47 Å². The monoisotopic (exact) mass is 241 g/mol. The van der Waals surface area contributed by atoms with E-state index in [0.29, 0.717) is 13.2 Å². The average Bonchev–Trinajstić information content (AvgIpc) is 2.34. The molecule has 2 aliphatic rings. The van der Waals surface area contributed by atoms with Gasteiger partial charge in [0.15, 0.2) is 0 Å². The highest BCUT2D eigenvalue weighted by atomic mass is 16.5. The van der Waals surface area contributed by atoms with Crippen LogP contribution in [0, 0.1) is 11.8 Å². The third kappa shape index (κ3) is 3.68. The Bertz CT molecular complexity index is 245. The van der Waals surface area contributed by atoms with Gasteiger partial charge in [-0.2, -0.15) is 0 Å². The molecule has 1 saturated carbocycles. The van der Waals surface area contributed by atoms with Crippen LogP contribution in [-0.4, -0.2) is 50.8 Å². The second kappa shape index (κ2) is 6.36. The molecule has 17 heavy (non-hydrogen) atoms. The van der Waals surface area contributed by atoms with E-state index in [-0.39, 0.29) is 12.5 Å². The Morgan fingerprint density at radius 2 is 1.94 bits per heavy atom. The first-order valence-corrected chi connectivity index (χ1v) is 6.64. The Balaban J connectivity index is 1.72. The molecule has 1 aliphatic carbocycles. The van der Waals surface area contributed by atoms with Crippen molar-refractivity contribution < 1.29 is 14.3 Å². The SMILES string of the molecule is COCCOCC(=O)N1CC2CCCC(C2)C1. The number of rotatable bonds is 5. The van der Waals surface area contributed by atoms with Crippen molar-refractivity contribution in [1.82, 2.24) is 4.90 Å². The predicted molar refractivity (Wildman–Crippen MR) is 64.7 cm³/mol. The van der Waals surface area contributed by atoms with Crippen molar-refractivity contribution in [2.24, 2.45) is 11.8 Å². The van der Waals surface area contributed by atoms with Gasteiger partial charge < -0.3 is 14.4 Å². The smallest absolute Gasteiger partial charge is 0.248 e. The van der Waals surface area contributed by atoms with Crippen molar-refractivity contribution in [3.8, 4) is 0 Å². The summed E-state index contributed by atoms with van der Waals surface area (Å²) in [7, 11) is 1.64. The van der Waals surface area contributed by atoms with Gasteiger partial charge >= 0.3 is 0 Å². The molecule has 0 aromatic rings. The molecule has 2 rings (SSSR count). The summed E-state index contributed by atoms with van der Waals surface area (Å²) in [5.74, 6) is 1.63. The summed E-state index contributed by atoms with van der Waals surface area (Å²) in [5.41, 5.74) is 0. The lowest BCUT2D eigenvalue weighted by atomic mass is 9.78. The molecule has 2 bridgehead atoms. The van der Waals surface area contributed by atoms with Crippen LogP contribution in [0.25, 0.3) is 0 Å². The van der Waals surface area contributed by atoms with Crippen molar-refractivity contribution in [2.75, 3.05) is 40.0 Å². The second-order valence-corrected chi connectivity index (χ2v) is 5.24. The number of piperidine rings is 1. The van der Waals surface area contributed by atoms with Gasteiger partial charge in [-0.15, -0.1) is 0 Å². The maximum Gasteiger partial charge on any atom is 0.248 e. The number of carbonyl (C=O) groups is 1. The summed E-state index contributed by atoms with van der Waals surface area (Å²) in [4.78, 5) is 14.0. The third-order valence-electron chi connectivity index (χ3n) is 3.86. The van der Waals surface area contributed by atoms with E-state index in [9.17, 15) is 4.79 Å². The Hall–Kier alpha value is -0.610. The minimum absolute atomic E-state index is 0.151. The summed E-state index contributed by atoms with van der Waals surface area (Å²) in [6.45, 7) is 3.16. The number of fused-ring (bicyclic) bond motifs is 2. The molecule has 1 amide bonds. The zero-order valence-electron chi connectivity index (χ0n) is 10.7. The lowest BCUT2D eigenvalue weighted by Crippen LogP contribution is -2.47. The van der Waals surface area contributed by atoms with Crippen LogP contribution in [0.3, 0.4) is 0 Å². The van der Waals surface area contributed by atoms with Gasteiger partial charge in [0.25, 0.3) is 0 Å². The topological polar surface area (TPSA) is 38.8 Å². The van der Waals surface area contributed by atoms with E-state index in [1.165, 1.54) is 25.7 Å². The third-order valence-corrected chi connectivity index (χ3v) is 3.86. The minimum Gasteiger partial charge on any atom is -0.382 e. The van der Waals surface area contributed by atoms with Crippen LogP contribution in [0.15, 0.2) is 0 Å². The van der Waals surface area contributed by atoms with Gasteiger partial charge in [0.1, 0.15) is 6.61 Å². The number of methoxy groups -OCH3 is 1. The standard InChI is InChI=1S/C13H23NO3/c1-16-5-6-17-10-13(15)14-8-11-3-2-4-12(7-11)9-14/h11-12H,2-10H2,1H3. The number of nitrogens with zero attached hydrogens (tertiary/aromatic N) is 1. The normalized spacial score (nSPS) is 28.2. The lowest BCUT2D eigenvalue weighted by molar-refractivity contribution is -0.140. The van der Waals surface area contributed by atoms with E-state index in [0.717, 1.165) is 24.9 Å². The summed E-state index contributed by atoms with van der Waals surface area (Å²) in [6, 6.07) is 0. The largest absolute Gasteiger partial charge is 0.382 e. The molecule has 2 unspecified atom stereocenters. The Kier molecular flexibility index (Phi) is 4.80. The van der Waals surface area contributed by atoms with Gasteiger partial charge in [0, 0.05) is 20.2 Å². The van der Waals surface area contributed by atoms with Crippen LogP contribution in [-0.2, 0) is 14.3 Å². The van der Waals surface area contributed by atoms with E-state index in [1.807, 2.05) is 4.90 Å². The molecule has 4 nitrogen and oxygen atoms in total. The Morgan fingerprint density at radius 3 is 2.59 bits per heavy atom. The maximum absolute atomic E-state index is 12.0. The first-order chi connectivity index (χ1) is 8.29. The molecular formula is C13H23NO3. The van der Waals surface area contributed by atoms with Gasteiger partial charge in [-0.1, -0.05) is 6.42 Å². The fourth-order valence-electron chi connectivity index (χ4n) is 3.03. The zero-order chi connectivity index (χ0) is 12.1. The molecule has 98 valence electrons. The van der Waals surface area contributed by atoms with Crippen LogP contribution in [0.1, 0.15) is 25.7 Å². The van der Waals surface area contributed by atoms with Crippen molar-refractivity contribution in [3.05, 3.63) is 0 Å². The second-order valence-electron chi connectivity index (χ2n) is 5.24. The fourth-order valence-corrected chi connectivity index (χ4v) is 3.03. The molecule has 0 aromatic carbocycles. The number of carbonyl (C=O) groups excluding carboxylic acids is 1. The Morgan fingerprint density at radius 1 is 1.24 bits per heavy atom. The Labute approximate surface area is 103 Å². The fraction of sp³-hybridized carbons (Fsp3) is 0.923. The minimum atomic E-state index is 0.151. The lowest BCUT2D eigenvalue weighted by Gasteiger charge is -2.41. The molecule has 1 heterocycles. The summed E-state index contributed by atoms with van der Waals surface area (Å²) in [6.07, 6.45) is 5.27. The first-order valence-electron chi connectivity index (χ1n) is 6.64. The molecule has 0 radical (unpaired) electrons. The number of hydrogen-bond acceptors (Lipinski definition) is 3. The summed E-state index contributed by atoms with van der Waals surface area (Å²) >= 11 is 0. The van der Waals surface area contributed by atoms with Crippen LogP contribution < -0.4 is 0 Å². The molecule has 4 heteroatoms. The van der Waals surface area contributed by atoms with E-state index >= 15 is 0 Å². The van der Waals surface area contributed by atoms with E-state index in [1.54, 1.807) is 7.11 Å². The van der Waals surface area contributed by atoms with Gasteiger partial charge in [-0.25, -0.2) is 0 Å². The van der Waals surface area contributed by atoms with Crippen molar-refractivity contribution in [2.45, 2.75) is 25.7 Å². The van der Waals surface area contributed by atoms with Gasteiger partial charge in [-0.05, 0) is 31.1 Å². The highest BCUT2D eigenvalue weighted by Crippen LogP contribution is 2.34.